The number of nitrogens with one attached hydrogen (secondary N) is 2. The van der Waals surface area contributed by atoms with E-state index in [-0.39, 0.29) is 22.8 Å². The van der Waals surface area contributed by atoms with Crippen LogP contribution in [0.15, 0.2) is 71.6 Å². The van der Waals surface area contributed by atoms with Gasteiger partial charge in [-0.25, -0.2) is 8.42 Å². The van der Waals surface area contributed by atoms with Gasteiger partial charge in [0.25, 0.3) is 10.0 Å². The number of anilines is 2. The minimum absolute atomic E-state index is 0.0384. The fraction of sp³-hybridized carbons (Fsp3) is 0.333. The summed E-state index contributed by atoms with van der Waals surface area (Å²) >= 11 is 0. The van der Waals surface area contributed by atoms with Crippen LogP contribution in [0.1, 0.15) is 43.4 Å². The second-order valence-corrected chi connectivity index (χ2v) is 11.2. The maximum atomic E-state index is 13.4. The highest BCUT2D eigenvalue weighted by atomic mass is 32.2. The van der Waals surface area contributed by atoms with Crippen molar-refractivity contribution < 1.29 is 27.4 Å². The van der Waals surface area contributed by atoms with E-state index in [4.69, 9.17) is 18.9 Å². The smallest absolute Gasteiger partial charge is 0.262 e. The zero-order valence-corrected chi connectivity index (χ0v) is 23.4. The lowest BCUT2D eigenvalue weighted by Crippen LogP contribution is -2.29. The van der Waals surface area contributed by atoms with Crippen LogP contribution in [-0.2, 0) is 10.0 Å². The molecule has 9 heteroatoms. The van der Waals surface area contributed by atoms with Gasteiger partial charge in [0.1, 0.15) is 11.5 Å². The molecule has 3 atom stereocenters. The molecule has 0 bridgehead atoms. The van der Waals surface area contributed by atoms with Crippen molar-refractivity contribution in [1.29, 1.82) is 0 Å². The fourth-order valence-electron chi connectivity index (χ4n) is 5.42. The molecule has 5 rings (SSSR count). The van der Waals surface area contributed by atoms with Gasteiger partial charge >= 0.3 is 0 Å². The molecule has 1 heterocycles. The Morgan fingerprint density at radius 2 is 1.69 bits per heavy atom. The molecular formula is C30H34N2O6S. The van der Waals surface area contributed by atoms with E-state index >= 15 is 0 Å². The zero-order valence-electron chi connectivity index (χ0n) is 22.6. The highest BCUT2D eigenvalue weighted by Gasteiger charge is 2.39. The first-order valence-corrected chi connectivity index (χ1v) is 14.6. The maximum absolute atomic E-state index is 13.4. The highest BCUT2D eigenvalue weighted by Crippen LogP contribution is 2.51. The van der Waals surface area contributed by atoms with Gasteiger partial charge in [-0.15, -0.1) is 0 Å². The molecule has 8 nitrogen and oxygen atoms in total. The fourth-order valence-corrected chi connectivity index (χ4v) is 6.52. The first-order chi connectivity index (χ1) is 18.9. The number of hydrogen-bond acceptors (Lipinski definition) is 7. The first-order valence-electron chi connectivity index (χ1n) is 13.1. The van der Waals surface area contributed by atoms with Gasteiger partial charge < -0.3 is 24.3 Å². The van der Waals surface area contributed by atoms with Crippen molar-refractivity contribution in [3.8, 4) is 23.0 Å². The molecule has 3 aromatic carbocycles. The number of allylic oxidation sites excluding steroid dienone is 2. The van der Waals surface area contributed by atoms with Gasteiger partial charge in [0, 0.05) is 17.7 Å². The van der Waals surface area contributed by atoms with Gasteiger partial charge in [-0.05, 0) is 79.8 Å². The van der Waals surface area contributed by atoms with E-state index in [9.17, 15) is 8.42 Å². The van der Waals surface area contributed by atoms with Gasteiger partial charge in [-0.3, -0.25) is 4.72 Å². The van der Waals surface area contributed by atoms with Crippen molar-refractivity contribution in [2.45, 2.75) is 37.1 Å². The van der Waals surface area contributed by atoms with E-state index in [1.54, 1.807) is 37.4 Å². The molecule has 0 saturated heterocycles. The Balaban J connectivity index is 1.45. The summed E-state index contributed by atoms with van der Waals surface area (Å²) < 4.78 is 51.7. The minimum atomic E-state index is -3.87. The number of methoxy groups -OCH3 is 2. The first kappa shape index (κ1) is 26.7. The third-order valence-electron chi connectivity index (χ3n) is 7.22. The molecule has 39 heavy (non-hydrogen) atoms. The van der Waals surface area contributed by atoms with E-state index in [0.29, 0.717) is 30.4 Å². The molecule has 0 spiro atoms. The number of fused-ring (bicyclic) bond motifs is 3. The average molecular weight is 551 g/mol. The molecule has 0 aromatic heterocycles. The van der Waals surface area contributed by atoms with Crippen LogP contribution in [-0.4, -0.2) is 35.9 Å². The van der Waals surface area contributed by atoms with Crippen molar-refractivity contribution in [2.24, 2.45) is 5.92 Å². The predicted octanol–water partition coefficient (Wildman–Crippen LogP) is 6.13. The average Bonchev–Trinajstić information content (AvgIpc) is 3.44. The van der Waals surface area contributed by atoms with Crippen molar-refractivity contribution in [1.82, 2.24) is 0 Å². The molecule has 2 N–H and O–H groups in total. The Morgan fingerprint density at radius 3 is 2.44 bits per heavy atom. The summed E-state index contributed by atoms with van der Waals surface area (Å²) in [6.45, 7) is 5.02. The Labute approximate surface area is 230 Å². The number of rotatable bonds is 10. The van der Waals surface area contributed by atoms with Gasteiger partial charge in [0.05, 0.1) is 44.1 Å². The predicted molar refractivity (Wildman–Crippen MR) is 152 cm³/mol. The SMILES string of the molecule is CCOc1ccc([C@H]2Nc3ccc(S(=O)(=O)Nc4ccc(OC)cc4OC)cc3[C@H]3C=CC[C@H]32)cc1OCC. The largest absolute Gasteiger partial charge is 0.497 e. The molecule has 0 amide bonds. The molecular weight excluding hydrogens is 516 g/mol. The lowest BCUT2D eigenvalue weighted by molar-refractivity contribution is 0.287. The Morgan fingerprint density at radius 1 is 0.897 bits per heavy atom. The van der Waals surface area contributed by atoms with Gasteiger partial charge in [-0.2, -0.15) is 0 Å². The van der Waals surface area contributed by atoms with Crippen LogP contribution < -0.4 is 29.0 Å². The molecule has 0 radical (unpaired) electrons. The van der Waals surface area contributed by atoms with Crippen molar-refractivity contribution >= 4 is 21.4 Å². The van der Waals surface area contributed by atoms with Gasteiger partial charge in [0.2, 0.25) is 0 Å². The van der Waals surface area contributed by atoms with Crippen LogP contribution in [0, 0.1) is 5.92 Å². The summed E-state index contributed by atoms with van der Waals surface area (Å²) in [6, 6.07) is 16.3. The molecule has 0 unspecified atom stereocenters. The zero-order chi connectivity index (χ0) is 27.6. The second-order valence-electron chi connectivity index (χ2n) is 9.47. The summed E-state index contributed by atoms with van der Waals surface area (Å²) in [5.41, 5.74) is 3.33. The van der Waals surface area contributed by atoms with Crippen LogP contribution in [0.4, 0.5) is 11.4 Å². The van der Waals surface area contributed by atoms with Gasteiger partial charge in [-0.1, -0.05) is 18.2 Å². The second kappa shape index (κ2) is 11.1. The summed E-state index contributed by atoms with van der Waals surface area (Å²) in [5, 5.41) is 3.68. The highest BCUT2D eigenvalue weighted by molar-refractivity contribution is 7.92. The number of sulfonamides is 1. The van der Waals surface area contributed by atoms with Crippen molar-refractivity contribution in [3.05, 3.63) is 77.9 Å². The Hall–Kier alpha value is -3.85. The quantitative estimate of drug-likeness (QED) is 0.293. The molecule has 3 aromatic rings. The topological polar surface area (TPSA) is 95.1 Å². The van der Waals surface area contributed by atoms with Crippen LogP contribution in [0.5, 0.6) is 23.0 Å². The van der Waals surface area contributed by atoms with Crippen LogP contribution >= 0.6 is 0 Å². The normalized spacial score (nSPS) is 19.4. The number of ether oxygens (including phenoxy) is 4. The monoisotopic (exact) mass is 550 g/mol. The summed E-state index contributed by atoms with van der Waals surface area (Å²) in [4.78, 5) is 0.193. The molecule has 206 valence electrons. The third kappa shape index (κ3) is 5.23. The van der Waals surface area contributed by atoms with E-state index in [0.717, 1.165) is 34.7 Å². The van der Waals surface area contributed by atoms with E-state index in [1.165, 1.54) is 7.11 Å². The number of benzene rings is 3. The standard InChI is InChI=1S/C30H34N2O6S/c1-5-37-27-15-10-19(16-29(27)38-6-2)30-23-9-7-8-22(23)24-18-21(12-14-25(24)31-30)39(33,34)32-26-13-11-20(35-3)17-28(26)36-4/h7-8,10-18,22-23,30-32H,5-6,9H2,1-4H3/t22-,23+,30+/m0/s1. The molecule has 2 aliphatic rings. The summed E-state index contributed by atoms with van der Waals surface area (Å²) in [5.74, 6) is 2.73. The molecule has 1 aliphatic heterocycles. The minimum Gasteiger partial charge on any atom is -0.497 e. The van der Waals surface area contributed by atoms with E-state index in [1.807, 2.05) is 26.0 Å². The van der Waals surface area contributed by atoms with Gasteiger partial charge in [0.15, 0.2) is 11.5 Å². The Bertz CT molecular complexity index is 1490. The Kier molecular flexibility index (Phi) is 7.61. The van der Waals surface area contributed by atoms with Crippen LogP contribution in [0.25, 0.3) is 0 Å². The third-order valence-corrected chi connectivity index (χ3v) is 8.59. The maximum Gasteiger partial charge on any atom is 0.262 e. The molecule has 0 saturated carbocycles. The van der Waals surface area contributed by atoms with Crippen LogP contribution in [0.3, 0.4) is 0 Å². The number of hydrogen-bond donors (Lipinski definition) is 2. The molecule has 0 fully saturated rings. The van der Waals surface area contributed by atoms with E-state index in [2.05, 4.69) is 34.3 Å². The molecule has 1 aliphatic carbocycles. The lowest BCUT2D eigenvalue weighted by Gasteiger charge is -2.38. The van der Waals surface area contributed by atoms with Crippen LogP contribution in [0.2, 0.25) is 0 Å². The lowest BCUT2D eigenvalue weighted by atomic mass is 9.77. The summed E-state index contributed by atoms with van der Waals surface area (Å²) in [6.07, 6.45) is 5.25. The summed E-state index contributed by atoms with van der Waals surface area (Å²) in [7, 11) is -0.836. The van der Waals surface area contributed by atoms with E-state index < -0.39 is 10.0 Å². The van der Waals surface area contributed by atoms with Crippen molar-refractivity contribution in [2.75, 3.05) is 37.5 Å². The van der Waals surface area contributed by atoms with Crippen molar-refractivity contribution in [3.63, 3.8) is 0 Å².